The average Bonchev–Trinajstić information content (AvgIpc) is 3.81. The Morgan fingerprint density at radius 3 is 2.24 bits per heavy atom. The van der Waals surface area contributed by atoms with E-state index >= 15 is 0 Å². The molecule has 1 aliphatic heterocycles. The number of rotatable bonds is 16. The molecule has 13 nitrogen and oxygen atoms in total. The van der Waals surface area contributed by atoms with E-state index in [1.165, 1.54) is 17.2 Å². The third kappa shape index (κ3) is 11.6. The van der Waals surface area contributed by atoms with E-state index in [9.17, 15) is 37.1 Å². The second-order valence-electron chi connectivity index (χ2n) is 15.0. The first-order valence-corrected chi connectivity index (χ1v) is 18.5. The lowest BCUT2D eigenvalue weighted by atomic mass is 9.96. The van der Waals surface area contributed by atoms with Gasteiger partial charge in [-0.1, -0.05) is 45.7 Å². The Morgan fingerprint density at radius 1 is 0.945 bits per heavy atom. The van der Waals surface area contributed by atoms with Crippen LogP contribution in [0.1, 0.15) is 107 Å². The number of hydrogen-bond acceptors (Lipinski definition) is 9. The molecule has 17 heteroatoms. The van der Waals surface area contributed by atoms with Crippen LogP contribution in [0.5, 0.6) is 0 Å². The number of pyridine rings is 1. The van der Waals surface area contributed by atoms with Crippen LogP contribution in [0, 0.1) is 11.8 Å². The first-order chi connectivity index (χ1) is 25.8. The smallest absolute Gasteiger partial charge is 0.414 e. The monoisotopic (exact) mass is 789 g/mol. The molecule has 1 saturated heterocycles. The van der Waals surface area contributed by atoms with E-state index < -0.39 is 64.8 Å². The van der Waals surface area contributed by atoms with Gasteiger partial charge in [0.05, 0.1) is 11.6 Å². The van der Waals surface area contributed by atoms with Crippen LogP contribution in [0.4, 0.5) is 13.2 Å². The lowest BCUT2D eigenvalue weighted by Crippen LogP contribution is -2.57. The van der Waals surface area contributed by atoms with Gasteiger partial charge in [-0.15, -0.1) is 10.2 Å². The maximum atomic E-state index is 13.8. The molecular weight excluding hydrogens is 743 g/mol. The third-order valence-corrected chi connectivity index (χ3v) is 9.53. The maximum absolute atomic E-state index is 13.8. The van der Waals surface area contributed by atoms with Gasteiger partial charge in [-0.3, -0.25) is 29.0 Å². The quantitative estimate of drug-likeness (QED) is 0.116. The van der Waals surface area contributed by atoms with E-state index in [0.717, 1.165) is 24.3 Å². The third-order valence-electron chi connectivity index (χ3n) is 9.29. The highest BCUT2D eigenvalue weighted by Crippen LogP contribution is 2.31. The van der Waals surface area contributed by atoms with Crippen molar-refractivity contribution in [2.45, 2.75) is 110 Å². The predicted octanol–water partition coefficient (Wildman–Crippen LogP) is 6.03. The van der Waals surface area contributed by atoms with Crippen LogP contribution in [0.15, 0.2) is 47.0 Å². The van der Waals surface area contributed by atoms with Gasteiger partial charge in [-0.05, 0) is 87.8 Å². The Balaban J connectivity index is 1.32. The minimum atomic E-state index is -4.53. The van der Waals surface area contributed by atoms with Gasteiger partial charge in [0.15, 0.2) is 0 Å². The summed E-state index contributed by atoms with van der Waals surface area (Å²) in [6, 6.07) is 4.17. The first kappa shape index (κ1) is 42.9. The fourth-order valence-corrected chi connectivity index (χ4v) is 6.37. The SMILES string of the molecule is CC(C)C(NC(=O)C1CCCN1C(=O)C(NC(=O)CCCCC(C)(C)NC(=O)c1cc(Cl)ccn1)C(C)C)C(=O)c1nnc(-c2ccc(C(F)(F)F)cc2)o1. The molecule has 4 rings (SSSR count). The summed E-state index contributed by atoms with van der Waals surface area (Å²) < 4.78 is 44.4. The van der Waals surface area contributed by atoms with E-state index in [4.69, 9.17) is 16.0 Å². The second kappa shape index (κ2) is 18.2. The van der Waals surface area contributed by atoms with E-state index in [1.54, 1.807) is 33.8 Å². The molecule has 4 amide bonds. The standard InChI is InChI=1S/C38H47ClF3N7O6/c1-21(2)29(31(51)35-48-47-34(55-35)23-12-14-24(15-13-23)38(40,41)42)45-33(53)27-10-9-19-49(27)36(54)30(22(3)4)44-28(50)11-7-8-17-37(5,6)46-32(52)26-20-25(39)16-18-43-26/h12-16,18,20-22,27,29-30H,7-11,17,19H2,1-6H3,(H,44,50)(H,45,53)(H,46,52). The van der Waals surface area contributed by atoms with Crippen LogP contribution in [0.25, 0.3) is 11.5 Å². The summed E-state index contributed by atoms with van der Waals surface area (Å²) in [5.74, 6) is -3.67. The average molecular weight is 790 g/mol. The summed E-state index contributed by atoms with van der Waals surface area (Å²) >= 11 is 5.97. The molecule has 0 aliphatic carbocycles. The molecule has 2 aromatic heterocycles. The zero-order valence-electron chi connectivity index (χ0n) is 31.6. The number of unbranched alkanes of at least 4 members (excludes halogenated alkanes) is 1. The van der Waals surface area contributed by atoms with Gasteiger partial charge >= 0.3 is 6.18 Å². The number of ketones is 1. The number of hydrogen-bond donors (Lipinski definition) is 3. The van der Waals surface area contributed by atoms with E-state index in [2.05, 4.69) is 31.1 Å². The van der Waals surface area contributed by atoms with Crippen molar-refractivity contribution in [1.82, 2.24) is 36.0 Å². The molecule has 3 aromatic rings. The molecule has 0 bridgehead atoms. The Kier molecular flexibility index (Phi) is 14.2. The van der Waals surface area contributed by atoms with Crippen molar-refractivity contribution < 1.29 is 41.6 Å². The number of likely N-dealkylation sites (tertiary alicyclic amines) is 1. The Hall–Kier alpha value is -4.86. The topological polar surface area (TPSA) is 176 Å². The number of aromatic nitrogens is 3. The summed E-state index contributed by atoms with van der Waals surface area (Å²) in [6.07, 6.45) is -0.351. The van der Waals surface area contributed by atoms with Crippen molar-refractivity contribution in [3.8, 4) is 11.5 Å². The van der Waals surface area contributed by atoms with Crippen LogP contribution < -0.4 is 16.0 Å². The number of benzene rings is 1. The van der Waals surface area contributed by atoms with Crippen molar-refractivity contribution >= 4 is 41.0 Å². The van der Waals surface area contributed by atoms with Gasteiger partial charge < -0.3 is 25.3 Å². The van der Waals surface area contributed by atoms with Crippen LogP contribution in [0.2, 0.25) is 5.02 Å². The number of amides is 4. The minimum Gasteiger partial charge on any atom is -0.414 e. The van der Waals surface area contributed by atoms with E-state index in [-0.39, 0.29) is 47.8 Å². The van der Waals surface area contributed by atoms with Gasteiger partial charge in [-0.2, -0.15) is 13.2 Å². The number of alkyl halides is 3. The summed E-state index contributed by atoms with van der Waals surface area (Å²) in [5.41, 5.74) is -1.06. The highest BCUT2D eigenvalue weighted by Gasteiger charge is 2.41. The molecule has 3 heterocycles. The number of Topliss-reactive ketones (excluding diaryl/α,β-unsaturated/α-hetero) is 1. The zero-order valence-corrected chi connectivity index (χ0v) is 32.4. The molecular formula is C38H47ClF3N7O6. The molecule has 1 aliphatic rings. The zero-order chi connectivity index (χ0) is 40.7. The molecule has 55 heavy (non-hydrogen) atoms. The normalized spacial score (nSPS) is 15.9. The number of carbonyl (C=O) groups excluding carboxylic acids is 5. The molecule has 0 saturated carbocycles. The highest BCUT2D eigenvalue weighted by molar-refractivity contribution is 6.30. The van der Waals surface area contributed by atoms with Crippen LogP contribution >= 0.6 is 11.6 Å². The molecule has 3 atom stereocenters. The Morgan fingerprint density at radius 2 is 1.62 bits per heavy atom. The molecule has 1 aromatic carbocycles. The molecule has 3 unspecified atom stereocenters. The van der Waals surface area contributed by atoms with Gasteiger partial charge in [-0.25, -0.2) is 0 Å². The lowest BCUT2D eigenvalue weighted by Gasteiger charge is -2.31. The summed E-state index contributed by atoms with van der Waals surface area (Å²) in [5, 5.41) is 16.5. The largest absolute Gasteiger partial charge is 0.416 e. The fraction of sp³-hybridized carbons (Fsp3) is 0.526. The van der Waals surface area contributed by atoms with E-state index in [1.807, 2.05) is 13.8 Å². The maximum Gasteiger partial charge on any atom is 0.416 e. The summed E-state index contributed by atoms with van der Waals surface area (Å²) in [6.45, 7) is 11.0. The van der Waals surface area contributed by atoms with Crippen molar-refractivity contribution in [2.24, 2.45) is 11.8 Å². The molecule has 3 N–H and O–H groups in total. The van der Waals surface area contributed by atoms with Crippen LogP contribution in [-0.2, 0) is 20.6 Å². The first-order valence-electron chi connectivity index (χ1n) is 18.2. The Bertz CT molecular complexity index is 1850. The number of halogens is 4. The predicted molar refractivity (Wildman–Crippen MR) is 197 cm³/mol. The van der Waals surface area contributed by atoms with Gasteiger partial charge in [0, 0.05) is 35.3 Å². The van der Waals surface area contributed by atoms with E-state index in [0.29, 0.717) is 37.1 Å². The van der Waals surface area contributed by atoms with Gasteiger partial charge in [0.2, 0.25) is 29.4 Å². The van der Waals surface area contributed by atoms with Crippen molar-refractivity contribution in [1.29, 1.82) is 0 Å². The lowest BCUT2D eigenvalue weighted by molar-refractivity contribution is -0.142. The van der Waals surface area contributed by atoms with Crippen molar-refractivity contribution in [3.63, 3.8) is 0 Å². The van der Waals surface area contributed by atoms with Crippen molar-refractivity contribution in [3.05, 3.63) is 64.8 Å². The van der Waals surface area contributed by atoms with Crippen LogP contribution in [-0.4, -0.2) is 79.7 Å². The molecule has 0 radical (unpaired) electrons. The molecule has 298 valence electrons. The highest BCUT2D eigenvalue weighted by atomic mass is 35.5. The number of nitrogens with one attached hydrogen (secondary N) is 3. The van der Waals surface area contributed by atoms with Gasteiger partial charge in [0.25, 0.3) is 11.8 Å². The summed E-state index contributed by atoms with van der Waals surface area (Å²) in [7, 11) is 0. The number of nitrogens with zero attached hydrogens (tertiary/aromatic N) is 4. The van der Waals surface area contributed by atoms with Crippen LogP contribution in [0.3, 0.4) is 0 Å². The fourth-order valence-electron chi connectivity index (χ4n) is 6.21. The summed E-state index contributed by atoms with van der Waals surface area (Å²) in [4.78, 5) is 72.1. The molecule has 0 spiro atoms. The minimum absolute atomic E-state index is 0.148. The van der Waals surface area contributed by atoms with Crippen molar-refractivity contribution in [2.75, 3.05) is 6.54 Å². The molecule has 1 fully saturated rings. The Labute approximate surface area is 322 Å². The van der Waals surface area contributed by atoms with Gasteiger partial charge in [0.1, 0.15) is 17.8 Å². The second-order valence-corrected chi connectivity index (χ2v) is 15.4. The number of carbonyl (C=O) groups is 5.